The number of rotatable bonds is 5. The summed E-state index contributed by atoms with van der Waals surface area (Å²) in [6.07, 6.45) is 3.28. The molecule has 0 spiro atoms. The zero-order chi connectivity index (χ0) is 8.97. The normalized spacial score (nSPS) is 18.8. The van der Waals surface area contributed by atoms with Crippen LogP contribution in [0.15, 0.2) is 0 Å². The maximum atomic E-state index is 11.3. The highest BCUT2D eigenvalue weighted by Crippen LogP contribution is 2.28. The molecule has 0 aromatic rings. The number of amides is 1. The molecule has 2 N–H and O–H groups in total. The molecule has 1 aliphatic carbocycles. The van der Waals surface area contributed by atoms with Gasteiger partial charge in [0.05, 0.1) is 6.17 Å². The molecule has 1 saturated carbocycles. The van der Waals surface area contributed by atoms with Crippen molar-refractivity contribution in [3.05, 3.63) is 0 Å². The van der Waals surface area contributed by atoms with E-state index in [9.17, 15) is 4.79 Å². The van der Waals surface area contributed by atoms with E-state index >= 15 is 0 Å². The van der Waals surface area contributed by atoms with Crippen molar-refractivity contribution in [1.29, 1.82) is 0 Å². The minimum atomic E-state index is 0.170. The Morgan fingerprint density at radius 2 is 2.17 bits per heavy atom. The Kier molecular flexibility index (Phi) is 3.53. The molecule has 0 saturated heterocycles. The molecule has 0 aromatic carbocycles. The van der Waals surface area contributed by atoms with Crippen molar-refractivity contribution in [3.8, 4) is 0 Å². The average Bonchev–Trinajstić information content (AvgIpc) is 2.85. The number of hydrogen-bond acceptors (Lipinski definition) is 2. The molecule has 12 heavy (non-hydrogen) atoms. The Morgan fingerprint density at radius 1 is 1.50 bits per heavy atom. The largest absolute Gasteiger partial charge is 0.341 e. The van der Waals surface area contributed by atoms with Crippen LogP contribution in [-0.2, 0) is 4.79 Å². The lowest BCUT2D eigenvalue weighted by Gasteiger charge is -2.17. The summed E-state index contributed by atoms with van der Waals surface area (Å²) in [7, 11) is 0. The first-order chi connectivity index (χ1) is 5.77. The predicted octanol–water partition coefficient (Wildman–Crippen LogP) is 0.858. The number of hydrogen-bond donors (Lipinski definition) is 2. The van der Waals surface area contributed by atoms with Crippen LogP contribution in [0.3, 0.4) is 0 Å². The Morgan fingerprint density at radius 3 is 2.58 bits per heavy atom. The maximum absolute atomic E-state index is 11.3. The van der Waals surface area contributed by atoms with Gasteiger partial charge in [0, 0.05) is 5.92 Å². The van der Waals surface area contributed by atoms with Gasteiger partial charge < -0.3 is 5.32 Å². The van der Waals surface area contributed by atoms with Crippen LogP contribution >= 0.6 is 0 Å². The van der Waals surface area contributed by atoms with E-state index in [4.69, 9.17) is 0 Å². The van der Waals surface area contributed by atoms with Crippen LogP contribution in [0.25, 0.3) is 0 Å². The van der Waals surface area contributed by atoms with E-state index in [0.717, 1.165) is 25.8 Å². The minimum Gasteiger partial charge on any atom is -0.341 e. The van der Waals surface area contributed by atoms with Gasteiger partial charge in [-0.25, -0.2) is 0 Å². The van der Waals surface area contributed by atoms with E-state index in [1.54, 1.807) is 0 Å². The molecule has 1 atom stereocenters. The molecule has 0 aromatic heterocycles. The molecule has 0 unspecified atom stereocenters. The summed E-state index contributed by atoms with van der Waals surface area (Å²) in [4.78, 5) is 11.3. The van der Waals surface area contributed by atoms with E-state index in [-0.39, 0.29) is 12.1 Å². The zero-order valence-electron chi connectivity index (χ0n) is 7.89. The highest BCUT2D eigenvalue weighted by atomic mass is 16.2. The van der Waals surface area contributed by atoms with Crippen LogP contribution in [0.5, 0.6) is 0 Å². The van der Waals surface area contributed by atoms with Gasteiger partial charge in [-0.3, -0.25) is 10.1 Å². The number of carbonyl (C=O) groups is 1. The van der Waals surface area contributed by atoms with E-state index in [1.165, 1.54) is 0 Å². The van der Waals surface area contributed by atoms with E-state index in [0.29, 0.717) is 5.92 Å². The Labute approximate surface area is 73.9 Å². The third-order valence-electron chi connectivity index (χ3n) is 2.12. The Hall–Kier alpha value is -0.570. The van der Waals surface area contributed by atoms with Crippen LogP contribution in [0, 0.1) is 5.92 Å². The standard InChI is InChI=1S/C9H18N2O/c1-3-8(10-4-2)11-9(12)7-5-6-7/h7-8,10H,3-6H2,1-2H3,(H,11,12)/t8-/m0/s1. The first-order valence-electron chi connectivity index (χ1n) is 4.81. The summed E-state index contributed by atoms with van der Waals surface area (Å²) < 4.78 is 0. The fourth-order valence-corrected chi connectivity index (χ4v) is 1.18. The van der Waals surface area contributed by atoms with E-state index in [2.05, 4.69) is 17.6 Å². The van der Waals surface area contributed by atoms with Crippen LogP contribution < -0.4 is 10.6 Å². The van der Waals surface area contributed by atoms with Crippen LogP contribution in [0.1, 0.15) is 33.1 Å². The van der Waals surface area contributed by atoms with Crippen LogP contribution in [0.4, 0.5) is 0 Å². The molecule has 1 rings (SSSR count). The highest BCUT2D eigenvalue weighted by molar-refractivity contribution is 5.81. The van der Waals surface area contributed by atoms with Gasteiger partial charge >= 0.3 is 0 Å². The third-order valence-corrected chi connectivity index (χ3v) is 2.12. The quantitative estimate of drug-likeness (QED) is 0.601. The summed E-state index contributed by atoms with van der Waals surface area (Å²) in [6, 6.07) is 0. The molecule has 3 nitrogen and oxygen atoms in total. The first kappa shape index (κ1) is 9.52. The van der Waals surface area contributed by atoms with Gasteiger partial charge in [0.2, 0.25) is 5.91 Å². The molecule has 70 valence electrons. The number of nitrogens with one attached hydrogen (secondary N) is 2. The molecule has 1 amide bonds. The van der Waals surface area contributed by atoms with Gasteiger partial charge in [-0.2, -0.15) is 0 Å². The highest BCUT2D eigenvalue weighted by Gasteiger charge is 2.30. The molecule has 1 fully saturated rings. The molecular formula is C9H18N2O. The molecule has 0 bridgehead atoms. The SMILES string of the molecule is CCN[C@H](CC)NC(=O)C1CC1. The monoisotopic (exact) mass is 170 g/mol. The molecule has 1 aliphatic rings. The molecule has 0 aliphatic heterocycles. The van der Waals surface area contributed by atoms with Gasteiger partial charge in [0.15, 0.2) is 0 Å². The van der Waals surface area contributed by atoms with Gasteiger partial charge in [-0.05, 0) is 25.8 Å². The Balaban J connectivity index is 2.20. The first-order valence-corrected chi connectivity index (χ1v) is 4.81. The molecule has 0 heterocycles. The fourth-order valence-electron chi connectivity index (χ4n) is 1.18. The van der Waals surface area contributed by atoms with Crippen molar-refractivity contribution in [2.45, 2.75) is 39.3 Å². The summed E-state index contributed by atoms with van der Waals surface area (Å²) in [5, 5.41) is 6.19. The van der Waals surface area contributed by atoms with Crippen molar-refractivity contribution in [3.63, 3.8) is 0 Å². The van der Waals surface area contributed by atoms with E-state index < -0.39 is 0 Å². The Bertz CT molecular complexity index is 155. The van der Waals surface area contributed by atoms with Gasteiger partial charge in [-0.15, -0.1) is 0 Å². The van der Waals surface area contributed by atoms with Crippen LogP contribution in [0.2, 0.25) is 0 Å². The van der Waals surface area contributed by atoms with Gasteiger partial charge in [-0.1, -0.05) is 13.8 Å². The molecular weight excluding hydrogens is 152 g/mol. The second-order valence-electron chi connectivity index (χ2n) is 3.30. The lowest BCUT2D eigenvalue weighted by Crippen LogP contribution is -2.45. The average molecular weight is 170 g/mol. The topological polar surface area (TPSA) is 41.1 Å². The fraction of sp³-hybridized carbons (Fsp3) is 0.889. The van der Waals surface area contributed by atoms with Gasteiger partial charge in [0.25, 0.3) is 0 Å². The minimum absolute atomic E-state index is 0.170. The van der Waals surface area contributed by atoms with E-state index in [1.807, 2.05) is 6.92 Å². The molecule has 3 heteroatoms. The summed E-state index contributed by atoms with van der Waals surface area (Å²) in [5.74, 6) is 0.542. The zero-order valence-corrected chi connectivity index (χ0v) is 7.89. The van der Waals surface area contributed by atoms with Crippen molar-refractivity contribution in [2.75, 3.05) is 6.54 Å². The predicted molar refractivity (Wildman–Crippen MR) is 48.6 cm³/mol. The summed E-state index contributed by atoms with van der Waals surface area (Å²) in [5.41, 5.74) is 0. The summed E-state index contributed by atoms with van der Waals surface area (Å²) in [6.45, 7) is 5.02. The smallest absolute Gasteiger partial charge is 0.224 e. The lowest BCUT2D eigenvalue weighted by atomic mass is 10.3. The maximum Gasteiger partial charge on any atom is 0.224 e. The second kappa shape index (κ2) is 4.45. The number of carbonyl (C=O) groups excluding carboxylic acids is 1. The molecule has 0 radical (unpaired) electrons. The second-order valence-corrected chi connectivity index (χ2v) is 3.30. The van der Waals surface area contributed by atoms with Crippen molar-refractivity contribution in [2.24, 2.45) is 5.92 Å². The van der Waals surface area contributed by atoms with Crippen molar-refractivity contribution >= 4 is 5.91 Å². The lowest BCUT2D eigenvalue weighted by molar-refractivity contribution is -0.123. The summed E-state index contributed by atoms with van der Waals surface area (Å²) >= 11 is 0. The van der Waals surface area contributed by atoms with Crippen LogP contribution in [-0.4, -0.2) is 18.6 Å². The van der Waals surface area contributed by atoms with Gasteiger partial charge in [0.1, 0.15) is 0 Å². The third kappa shape index (κ3) is 2.81. The van der Waals surface area contributed by atoms with Crippen molar-refractivity contribution < 1.29 is 4.79 Å². The van der Waals surface area contributed by atoms with Crippen molar-refractivity contribution in [1.82, 2.24) is 10.6 Å².